The Morgan fingerprint density at radius 1 is 1.25 bits per heavy atom. The third kappa shape index (κ3) is 2.71. The highest BCUT2D eigenvalue weighted by Gasteiger charge is 2.27. The van der Waals surface area contributed by atoms with Crippen molar-refractivity contribution in [2.45, 2.75) is 64.3 Å². The number of anilines is 1. The fourth-order valence-corrected chi connectivity index (χ4v) is 4.80. The summed E-state index contributed by atoms with van der Waals surface area (Å²) in [6.07, 6.45) is 9.29. The quantitative estimate of drug-likeness (QED) is 0.876. The second kappa shape index (κ2) is 5.76. The van der Waals surface area contributed by atoms with E-state index in [0.29, 0.717) is 6.04 Å². The number of nitrogen functional groups attached to an aromatic ring is 1. The van der Waals surface area contributed by atoms with Crippen LogP contribution in [-0.2, 0) is 12.8 Å². The monoisotopic (exact) mass is 292 g/mol. The summed E-state index contributed by atoms with van der Waals surface area (Å²) in [6, 6.07) is 0.355. The molecule has 1 saturated carbocycles. The fraction of sp³-hybridized carbons (Fsp3) is 0.688. The van der Waals surface area contributed by atoms with E-state index >= 15 is 0 Å². The van der Waals surface area contributed by atoms with Crippen molar-refractivity contribution in [1.29, 1.82) is 0 Å². The molecule has 110 valence electrons. The first-order chi connectivity index (χ1) is 9.65. The van der Waals surface area contributed by atoms with Crippen molar-refractivity contribution in [3.63, 3.8) is 0 Å². The zero-order valence-electron chi connectivity index (χ0n) is 12.2. The summed E-state index contributed by atoms with van der Waals surface area (Å²) < 4.78 is 0. The molecule has 0 saturated heterocycles. The van der Waals surface area contributed by atoms with Gasteiger partial charge in [-0.2, -0.15) is 0 Å². The molecular weight excluding hydrogens is 268 g/mol. The number of fused-ring (bicyclic) bond motifs is 1. The van der Waals surface area contributed by atoms with E-state index in [0.717, 1.165) is 42.2 Å². The first kappa shape index (κ1) is 13.9. The number of amides is 1. The van der Waals surface area contributed by atoms with Crippen LogP contribution in [0.4, 0.5) is 5.00 Å². The Balaban J connectivity index is 1.77. The second-order valence-corrected chi connectivity index (χ2v) is 7.54. The summed E-state index contributed by atoms with van der Waals surface area (Å²) >= 11 is 1.63. The summed E-state index contributed by atoms with van der Waals surface area (Å²) in [7, 11) is 0. The maximum Gasteiger partial charge on any atom is 0.254 e. The summed E-state index contributed by atoms with van der Waals surface area (Å²) in [4.78, 5) is 13.9. The van der Waals surface area contributed by atoms with E-state index in [1.54, 1.807) is 11.3 Å². The van der Waals surface area contributed by atoms with E-state index in [2.05, 4.69) is 12.2 Å². The number of rotatable bonds is 2. The van der Waals surface area contributed by atoms with Gasteiger partial charge < -0.3 is 11.1 Å². The predicted molar refractivity (Wildman–Crippen MR) is 84.3 cm³/mol. The Kier molecular flexibility index (Phi) is 4.01. The first-order valence-corrected chi connectivity index (χ1v) is 8.67. The molecule has 3 nitrogen and oxygen atoms in total. The number of carbonyl (C=O) groups excluding carboxylic acids is 1. The van der Waals surface area contributed by atoms with E-state index in [1.165, 1.54) is 36.1 Å². The van der Waals surface area contributed by atoms with Crippen LogP contribution in [0.3, 0.4) is 0 Å². The number of hydrogen-bond donors (Lipinski definition) is 2. The highest BCUT2D eigenvalue weighted by Crippen LogP contribution is 2.38. The normalized spacial score (nSPS) is 23.4. The molecule has 2 aliphatic rings. The van der Waals surface area contributed by atoms with Gasteiger partial charge in [0.1, 0.15) is 0 Å². The molecule has 0 aliphatic heterocycles. The number of nitrogens with two attached hydrogens (primary N) is 1. The number of nitrogens with one attached hydrogen (secondary N) is 1. The van der Waals surface area contributed by atoms with Crippen LogP contribution < -0.4 is 11.1 Å². The summed E-state index contributed by atoms with van der Waals surface area (Å²) in [5, 5.41) is 3.93. The van der Waals surface area contributed by atoms with Gasteiger partial charge in [-0.3, -0.25) is 4.79 Å². The predicted octanol–water partition coefficient (Wildman–Crippen LogP) is 3.52. The molecule has 1 heterocycles. The molecule has 0 spiro atoms. The Morgan fingerprint density at radius 3 is 2.75 bits per heavy atom. The van der Waals surface area contributed by atoms with Gasteiger partial charge in [-0.25, -0.2) is 0 Å². The van der Waals surface area contributed by atoms with E-state index in [4.69, 9.17) is 5.73 Å². The van der Waals surface area contributed by atoms with Crippen molar-refractivity contribution in [3.05, 3.63) is 16.0 Å². The molecule has 20 heavy (non-hydrogen) atoms. The molecule has 1 fully saturated rings. The standard InChI is InChI=1S/C16H24N2OS/c1-10-7-8-12-13(9-10)20-15(17)14(12)16(19)18-11-5-3-2-4-6-11/h10-11H,2-9,17H2,1H3,(H,18,19)/t10-/m1/s1. The number of carbonyl (C=O) groups is 1. The molecule has 1 aromatic rings. The average molecular weight is 292 g/mol. The van der Waals surface area contributed by atoms with Crippen molar-refractivity contribution in [2.24, 2.45) is 5.92 Å². The van der Waals surface area contributed by atoms with E-state index in [9.17, 15) is 4.79 Å². The van der Waals surface area contributed by atoms with Crippen LogP contribution in [0.15, 0.2) is 0 Å². The summed E-state index contributed by atoms with van der Waals surface area (Å²) in [6.45, 7) is 2.28. The highest BCUT2D eigenvalue weighted by atomic mass is 32.1. The van der Waals surface area contributed by atoms with Gasteiger partial charge in [-0.1, -0.05) is 26.2 Å². The number of thiophene rings is 1. The highest BCUT2D eigenvalue weighted by molar-refractivity contribution is 7.16. The van der Waals surface area contributed by atoms with Gasteiger partial charge >= 0.3 is 0 Å². The van der Waals surface area contributed by atoms with Crippen molar-refractivity contribution >= 4 is 22.2 Å². The van der Waals surface area contributed by atoms with Crippen molar-refractivity contribution < 1.29 is 4.79 Å². The van der Waals surface area contributed by atoms with Crippen molar-refractivity contribution in [2.75, 3.05) is 5.73 Å². The van der Waals surface area contributed by atoms with Gasteiger partial charge in [0.25, 0.3) is 5.91 Å². The summed E-state index contributed by atoms with van der Waals surface area (Å²) in [5.74, 6) is 0.788. The average Bonchev–Trinajstić information content (AvgIpc) is 2.74. The molecular formula is C16H24N2OS. The Hall–Kier alpha value is -1.03. The molecule has 3 rings (SSSR count). The topological polar surface area (TPSA) is 55.1 Å². The Bertz CT molecular complexity index is 503. The van der Waals surface area contributed by atoms with Crippen LogP contribution in [0, 0.1) is 5.92 Å². The second-order valence-electron chi connectivity index (χ2n) is 6.40. The lowest BCUT2D eigenvalue weighted by atomic mass is 9.88. The number of hydrogen-bond acceptors (Lipinski definition) is 3. The zero-order valence-corrected chi connectivity index (χ0v) is 13.0. The molecule has 0 unspecified atom stereocenters. The minimum absolute atomic E-state index is 0.0708. The Morgan fingerprint density at radius 2 is 2.00 bits per heavy atom. The molecule has 4 heteroatoms. The lowest BCUT2D eigenvalue weighted by Crippen LogP contribution is -2.36. The molecule has 1 aromatic heterocycles. The van der Waals surface area contributed by atoms with E-state index in [-0.39, 0.29) is 5.91 Å². The van der Waals surface area contributed by atoms with Crippen molar-refractivity contribution in [3.8, 4) is 0 Å². The first-order valence-electron chi connectivity index (χ1n) is 7.86. The van der Waals surface area contributed by atoms with Crippen molar-refractivity contribution in [1.82, 2.24) is 5.32 Å². The molecule has 2 aliphatic carbocycles. The lowest BCUT2D eigenvalue weighted by molar-refractivity contribution is 0.0927. The minimum atomic E-state index is 0.0708. The van der Waals surface area contributed by atoms with Gasteiger partial charge in [0, 0.05) is 10.9 Å². The third-order valence-electron chi connectivity index (χ3n) is 4.71. The summed E-state index contributed by atoms with van der Waals surface area (Å²) in [5.41, 5.74) is 8.16. The van der Waals surface area contributed by atoms with Crippen LogP contribution in [0.5, 0.6) is 0 Å². The molecule has 0 radical (unpaired) electrons. The fourth-order valence-electron chi connectivity index (χ4n) is 3.53. The van der Waals surface area contributed by atoms with E-state index < -0.39 is 0 Å². The van der Waals surface area contributed by atoms with Crippen LogP contribution in [0.25, 0.3) is 0 Å². The minimum Gasteiger partial charge on any atom is -0.390 e. The Labute approximate surface area is 124 Å². The lowest BCUT2D eigenvalue weighted by Gasteiger charge is -2.23. The third-order valence-corrected chi connectivity index (χ3v) is 5.79. The maximum absolute atomic E-state index is 12.6. The van der Waals surface area contributed by atoms with Crippen LogP contribution in [0.1, 0.15) is 66.2 Å². The van der Waals surface area contributed by atoms with Gasteiger partial charge in [-0.05, 0) is 43.6 Å². The maximum atomic E-state index is 12.6. The largest absolute Gasteiger partial charge is 0.390 e. The zero-order chi connectivity index (χ0) is 14.1. The molecule has 0 bridgehead atoms. The molecule has 1 amide bonds. The smallest absolute Gasteiger partial charge is 0.254 e. The van der Waals surface area contributed by atoms with Gasteiger partial charge in [0.2, 0.25) is 0 Å². The SMILES string of the molecule is C[C@@H]1CCc2c(sc(N)c2C(=O)NC2CCCCC2)C1. The van der Waals surface area contributed by atoms with Crippen LogP contribution >= 0.6 is 11.3 Å². The van der Waals surface area contributed by atoms with Gasteiger partial charge in [0.15, 0.2) is 0 Å². The van der Waals surface area contributed by atoms with E-state index in [1.807, 2.05) is 0 Å². The van der Waals surface area contributed by atoms with Crippen LogP contribution in [-0.4, -0.2) is 11.9 Å². The molecule has 3 N–H and O–H groups in total. The van der Waals surface area contributed by atoms with Crippen LogP contribution in [0.2, 0.25) is 0 Å². The van der Waals surface area contributed by atoms with Gasteiger partial charge in [-0.15, -0.1) is 11.3 Å². The molecule has 0 aromatic carbocycles. The molecule has 1 atom stereocenters. The van der Waals surface area contributed by atoms with Gasteiger partial charge in [0.05, 0.1) is 10.6 Å².